The van der Waals surface area contributed by atoms with E-state index in [1.165, 1.54) is 6.08 Å². The standard InChI is InChI=1S/C4H6O2S/c1-2-3-4-7(5)6/h2-4H,1H3. The van der Waals surface area contributed by atoms with Gasteiger partial charge >= 0.3 is 0 Å². The minimum atomic E-state index is -2.03. The van der Waals surface area contributed by atoms with Crippen LogP contribution in [0.3, 0.4) is 0 Å². The van der Waals surface area contributed by atoms with E-state index in [9.17, 15) is 8.42 Å². The van der Waals surface area contributed by atoms with E-state index in [0.29, 0.717) is 0 Å². The maximum Gasteiger partial charge on any atom is 0.214 e. The average Bonchev–Trinajstić information content (AvgIpc) is 1.61. The molecule has 0 aliphatic rings. The van der Waals surface area contributed by atoms with Crippen LogP contribution in [0.5, 0.6) is 0 Å². The third-order valence-corrected chi connectivity index (χ3v) is 0.761. The molecule has 3 heteroatoms. The number of hydrogen-bond donors (Lipinski definition) is 0. The second-order valence-corrected chi connectivity index (χ2v) is 1.72. The van der Waals surface area contributed by atoms with Gasteiger partial charge in [0, 0.05) is 0 Å². The van der Waals surface area contributed by atoms with Gasteiger partial charge in [0.25, 0.3) is 0 Å². The Bertz CT molecular complexity index is 166. The molecule has 0 heterocycles. The molecule has 0 saturated carbocycles. The fourth-order valence-corrected chi connectivity index (χ4v) is 0.428. The molecule has 0 spiro atoms. The van der Waals surface area contributed by atoms with Crippen LogP contribution in [0, 0.1) is 0 Å². The summed E-state index contributed by atoms with van der Waals surface area (Å²) < 4.78 is 19.3. The molecule has 0 aromatic heterocycles. The van der Waals surface area contributed by atoms with Crippen molar-refractivity contribution in [1.82, 2.24) is 0 Å². The second kappa shape index (κ2) is 3.61. The molecule has 0 N–H and O–H groups in total. The molecule has 0 radical (unpaired) electrons. The summed E-state index contributed by atoms with van der Waals surface area (Å²) in [4.78, 5) is 0. The van der Waals surface area contributed by atoms with Gasteiger partial charge < -0.3 is 0 Å². The van der Waals surface area contributed by atoms with Crippen LogP contribution in [0.25, 0.3) is 0 Å². The first-order valence-electron chi connectivity index (χ1n) is 1.81. The van der Waals surface area contributed by atoms with Gasteiger partial charge in [0.1, 0.15) is 0 Å². The third kappa shape index (κ3) is 5.43. The van der Waals surface area contributed by atoms with Crippen molar-refractivity contribution in [2.45, 2.75) is 6.92 Å². The van der Waals surface area contributed by atoms with Gasteiger partial charge in [-0.2, -0.15) is 8.42 Å². The highest BCUT2D eigenvalue weighted by atomic mass is 32.2. The largest absolute Gasteiger partial charge is 0.214 e. The molecular formula is C4H6O2S. The van der Waals surface area contributed by atoms with E-state index in [1.54, 1.807) is 13.0 Å². The lowest BCUT2D eigenvalue weighted by Crippen LogP contribution is -1.61. The summed E-state index contributed by atoms with van der Waals surface area (Å²) in [6, 6.07) is 0. The summed E-state index contributed by atoms with van der Waals surface area (Å²) >= 11 is 0. The summed E-state index contributed by atoms with van der Waals surface area (Å²) in [5.74, 6) is 0. The average molecular weight is 118 g/mol. The molecule has 0 aromatic rings. The zero-order valence-electron chi connectivity index (χ0n) is 3.96. The minimum absolute atomic E-state index is 1.08. The van der Waals surface area contributed by atoms with Crippen LogP contribution in [-0.2, 0) is 10.3 Å². The first kappa shape index (κ1) is 6.43. The zero-order chi connectivity index (χ0) is 5.70. The van der Waals surface area contributed by atoms with Crippen molar-refractivity contribution in [3.63, 3.8) is 0 Å². The van der Waals surface area contributed by atoms with E-state index in [2.05, 4.69) is 0 Å². The lowest BCUT2D eigenvalue weighted by atomic mass is 10.6. The van der Waals surface area contributed by atoms with E-state index in [-0.39, 0.29) is 0 Å². The predicted molar refractivity (Wildman–Crippen MR) is 29.8 cm³/mol. The van der Waals surface area contributed by atoms with Crippen molar-refractivity contribution in [1.29, 1.82) is 0 Å². The summed E-state index contributed by atoms with van der Waals surface area (Å²) in [5.41, 5.74) is 0. The van der Waals surface area contributed by atoms with Crippen molar-refractivity contribution in [3.8, 4) is 0 Å². The van der Waals surface area contributed by atoms with Crippen LogP contribution in [0.4, 0.5) is 0 Å². The van der Waals surface area contributed by atoms with Gasteiger partial charge in [-0.1, -0.05) is 12.2 Å². The van der Waals surface area contributed by atoms with Crippen LogP contribution >= 0.6 is 0 Å². The molecule has 0 aliphatic heterocycles. The molecule has 2 nitrogen and oxygen atoms in total. The molecule has 0 rings (SSSR count). The molecule has 40 valence electrons. The first-order valence-corrected chi connectivity index (χ1v) is 2.95. The van der Waals surface area contributed by atoms with E-state index in [0.717, 1.165) is 5.37 Å². The molecule has 0 atom stereocenters. The van der Waals surface area contributed by atoms with Gasteiger partial charge in [-0.05, 0) is 6.92 Å². The topological polar surface area (TPSA) is 34.1 Å². The Morgan fingerprint density at radius 1 is 1.43 bits per heavy atom. The Hall–Kier alpha value is -0.570. The Morgan fingerprint density at radius 2 is 2.00 bits per heavy atom. The lowest BCUT2D eigenvalue weighted by Gasteiger charge is -1.55. The third-order valence-electron chi connectivity index (χ3n) is 0.382. The highest BCUT2D eigenvalue weighted by Crippen LogP contribution is 1.58. The Labute approximate surface area is 44.0 Å². The number of hydrogen-bond acceptors (Lipinski definition) is 2. The smallest absolute Gasteiger partial charge is 0.185 e. The summed E-state index contributed by atoms with van der Waals surface area (Å²) in [5, 5.41) is 1.08. The summed E-state index contributed by atoms with van der Waals surface area (Å²) in [6.45, 7) is 1.75. The molecule has 0 aromatic carbocycles. The van der Waals surface area contributed by atoms with Crippen molar-refractivity contribution < 1.29 is 8.42 Å². The molecule has 0 fully saturated rings. The SMILES string of the molecule is CC=CC=S(=O)=O. The van der Waals surface area contributed by atoms with Gasteiger partial charge in [0.2, 0.25) is 10.3 Å². The maximum absolute atomic E-state index is 9.65. The van der Waals surface area contributed by atoms with Gasteiger partial charge in [-0.3, -0.25) is 0 Å². The fourth-order valence-electron chi connectivity index (χ4n) is 0.143. The van der Waals surface area contributed by atoms with Crippen LogP contribution in [0.2, 0.25) is 0 Å². The predicted octanol–water partition coefficient (Wildman–Crippen LogP) is 0.244. The molecule has 0 amide bonds. The van der Waals surface area contributed by atoms with Gasteiger partial charge in [-0.25, -0.2) is 0 Å². The zero-order valence-corrected chi connectivity index (χ0v) is 4.77. The molecular weight excluding hydrogens is 112 g/mol. The molecule has 0 saturated heterocycles. The van der Waals surface area contributed by atoms with Crippen molar-refractivity contribution in [2.75, 3.05) is 0 Å². The van der Waals surface area contributed by atoms with E-state index < -0.39 is 10.3 Å². The Balaban J connectivity index is 3.98. The number of rotatable bonds is 1. The Morgan fingerprint density at radius 3 is 2.14 bits per heavy atom. The molecule has 7 heavy (non-hydrogen) atoms. The van der Waals surface area contributed by atoms with Gasteiger partial charge in [-0.15, -0.1) is 0 Å². The van der Waals surface area contributed by atoms with E-state index in [4.69, 9.17) is 0 Å². The Kier molecular flexibility index (Phi) is 3.32. The van der Waals surface area contributed by atoms with Gasteiger partial charge in [0.15, 0.2) is 0 Å². The quantitative estimate of drug-likeness (QED) is 0.365. The van der Waals surface area contributed by atoms with Crippen LogP contribution in [0.15, 0.2) is 12.2 Å². The van der Waals surface area contributed by atoms with E-state index in [1.807, 2.05) is 0 Å². The van der Waals surface area contributed by atoms with Crippen LogP contribution in [0.1, 0.15) is 6.92 Å². The van der Waals surface area contributed by atoms with Crippen molar-refractivity contribution in [2.24, 2.45) is 0 Å². The summed E-state index contributed by atoms with van der Waals surface area (Å²) in [7, 11) is -2.03. The maximum atomic E-state index is 9.65. The van der Waals surface area contributed by atoms with Crippen molar-refractivity contribution >= 4 is 15.7 Å². The second-order valence-electron chi connectivity index (χ2n) is 0.922. The monoisotopic (exact) mass is 118 g/mol. The highest BCUT2D eigenvalue weighted by molar-refractivity contribution is 7.71. The first-order chi connectivity index (χ1) is 3.27. The fraction of sp³-hybridized carbons (Fsp3) is 0.250. The molecule has 0 aliphatic carbocycles. The molecule has 0 bridgehead atoms. The van der Waals surface area contributed by atoms with Crippen LogP contribution < -0.4 is 0 Å². The van der Waals surface area contributed by atoms with Gasteiger partial charge in [0.05, 0.1) is 5.37 Å². The normalized spacial score (nSPS) is 9.29. The van der Waals surface area contributed by atoms with Crippen molar-refractivity contribution in [3.05, 3.63) is 12.2 Å². The van der Waals surface area contributed by atoms with E-state index >= 15 is 0 Å². The molecule has 0 unspecified atom stereocenters. The van der Waals surface area contributed by atoms with Crippen LogP contribution in [-0.4, -0.2) is 13.8 Å². The number of allylic oxidation sites excluding steroid dienone is 2. The minimum Gasteiger partial charge on any atom is -0.185 e. The lowest BCUT2D eigenvalue weighted by molar-refractivity contribution is 0.627. The highest BCUT2D eigenvalue weighted by Gasteiger charge is 1.57. The summed E-state index contributed by atoms with van der Waals surface area (Å²) in [6.07, 6.45) is 3.11.